The quantitative estimate of drug-likeness (QED) is 0.772. The Kier molecular flexibility index (Phi) is 5.22. The van der Waals surface area contributed by atoms with Crippen LogP contribution < -0.4 is 0 Å². The largest absolute Gasteiger partial charge is 0.249 e. The van der Waals surface area contributed by atoms with Crippen LogP contribution in [0, 0.1) is 13.8 Å². The topological polar surface area (TPSA) is 47.0 Å². The van der Waals surface area contributed by atoms with Crippen molar-refractivity contribution in [2.45, 2.75) is 55.9 Å². The first-order chi connectivity index (χ1) is 9.80. The zero-order valence-corrected chi connectivity index (χ0v) is 15.2. The molecule has 0 radical (unpaired) electrons. The van der Waals surface area contributed by atoms with E-state index in [0.717, 1.165) is 16.3 Å². The lowest BCUT2D eigenvalue weighted by atomic mass is 10.1. The number of rotatable bonds is 6. The van der Waals surface area contributed by atoms with Crippen molar-refractivity contribution in [3.05, 3.63) is 33.1 Å². The molecule has 0 aromatic carbocycles. The molecule has 2 atom stereocenters. The maximum absolute atomic E-state index is 12.5. The van der Waals surface area contributed by atoms with Gasteiger partial charge in [-0.05, 0) is 45.7 Å². The number of sulfone groups is 1. The van der Waals surface area contributed by atoms with E-state index in [1.807, 2.05) is 33.0 Å². The molecule has 2 aromatic rings. The predicted molar refractivity (Wildman–Crippen MR) is 90.2 cm³/mol. The molecule has 0 saturated heterocycles. The number of thiophene rings is 1. The Labute approximate surface area is 135 Å². The predicted octanol–water partition coefficient (Wildman–Crippen LogP) is 4.57. The van der Waals surface area contributed by atoms with Crippen LogP contribution in [0.2, 0.25) is 0 Å². The number of aromatic nitrogens is 1. The Morgan fingerprint density at radius 1 is 1.10 bits per heavy atom. The maximum atomic E-state index is 12.5. The molecule has 2 unspecified atom stereocenters. The number of nitrogens with zero attached hydrogens (tertiary/aromatic N) is 1. The summed E-state index contributed by atoms with van der Waals surface area (Å²) in [5, 5.41) is 0.753. The molecule has 0 bridgehead atoms. The SMILES string of the molecule is Cc1ccc(S(=O)(=O)C(C)CCC(C)c2ncc(C)s2)s1. The molecule has 0 spiro atoms. The molecule has 21 heavy (non-hydrogen) atoms. The van der Waals surface area contributed by atoms with Crippen LogP contribution in [0.4, 0.5) is 0 Å². The van der Waals surface area contributed by atoms with Crippen molar-refractivity contribution in [1.29, 1.82) is 0 Å². The first-order valence-corrected chi connectivity index (χ1v) is 10.2. The molecular formula is C15H21NO2S3. The highest BCUT2D eigenvalue weighted by Crippen LogP contribution is 2.30. The Bertz CT molecular complexity index is 700. The molecule has 0 amide bonds. The number of thiazole rings is 1. The fourth-order valence-corrected chi connectivity index (χ4v) is 6.03. The van der Waals surface area contributed by atoms with Gasteiger partial charge >= 0.3 is 0 Å². The van der Waals surface area contributed by atoms with Crippen molar-refractivity contribution in [2.75, 3.05) is 0 Å². The molecule has 0 aliphatic carbocycles. The van der Waals surface area contributed by atoms with Crippen molar-refractivity contribution in [2.24, 2.45) is 0 Å². The van der Waals surface area contributed by atoms with Crippen LogP contribution in [0.3, 0.4) is 0 Å². The van der Waals surface area contributed by atoms with E-state index in [4.69, 9.17) is 0 Å². The van der Waals surface area contributed by atoms with Gasteiger partial charge < -0.3 is 0 Å². The molecule has 3 nitrogen and oxygen atoms in total. The fourth-order valence-electron chi connectivity index (χ4n) is 2.13. The third-order valence-electron chi connectivity index (χ3n) is 3.59. The maximum Gasteiger partial charge on any atom is 0.190 e. The van der Waals surface area contributed by atoms with Crippen LogP contribution in [0.15, 0.2) is 22.5 Å². The molecule has 116 valence electrons. The van der Waals surface area contributed by atoms with E-state index in [2.05, 4.69) is 11.9 Å². The van der Waals surface area contributed by atoms with E-state index < -0.39 is 9.84 Å². The second kappa shape index (κ2) is 6.58. The van der Waals surface area contributed by atoms with Crippen LogP contribution in [0.5, 0.6) is 0 Å². The van der Waals surface area contributed by atoms with Crippen LogP contribution in [-0.2, 0) is 9.84 Å². The lowest BCUT2D eigenvalue weighted by Crippen LogP contribution is -2.17. The Hall–Kier alpha value is -0.720. The number of aryl methyl sites for hydroxylation is 2. The molecule has 6 heteroatoms. The lowest BCUT2D eigenvalue weighted by molar-refractivity contribution is 0.562. The minimum absolute atomic E-state index is 0.312. The molecule has 0 fully saturated rings. The first-order valence-electron chi connectivity index (χ1n) is 7.03. The van der Waals surface area contributed by atoms with Crippen molar-refractivity contribution in [3.63, 3.8) is 0 Å². The minimum Gasteiger partial charge on any atom is -0.249 e. The average molecular weight is 344 g/mol. The summed E-state index contributed by atoms with van der Waals surface area (Å²) < 4.78 is 25.5. The highest BCUT2D eigenvalue weighted by molar-refractivity contribution is 7.94. The third kappa shape index (κ3) is 3.93. The van der Waals surface area contributed by atoms with Crippen LogP contribution in [0.1, 0.15) is 47.4 Å². The smallest absolute Gasteiger partial charge is 0.190 e. The molecule has 2 heterocycles. The minimum atomic E-state index is -3.19. The van der Waals surface area contributed by atoms with E-state index in [0.29, 0.717) is 16.5 Å². The molecule has 2 aromatic heterocycles. The summed E-state index contributed by atoms with van der Waals surface area (Å²) in [6.07, 6.45) is 3.39. The molecule has 0 aliphatic rings. The van der Waals surface area contributed by atoms with Gasteiger partial charge in [0.25, 0.3) is 0 Å². The molecule has 0 saturated carbocycles. The molecule has 0 N–H and O–H groups in total. The Morgan fingerprint density at radius 3 is 2.33 bits per heavy atom. The van der Waals surface area contributed by atoms with Crippen molar-refractivity contribution in [3.8, 4) is 0 Å². The van der Waals surface area contributed by atoms with Gasteiger partial charge in [-0.25, -0.2) is 13.4 Å². The zero-order valence-electron chi connectivity index (χ0n) is 12.8. The molecule has 2 rings (SSSR count). The van der Waals surface area contributed by atoms with Crippen molar-refractivity contribution >= 4 is 32.5 Å². The van der Waals surface area contributed by atoms with Gasteiger partial charge in [0.05, 0.1) is 10.3 Å². The van der Waals surface area contributed by atoms with E-state index in [1.165, 1.54) is 16.2 Å². The van der Waals surface area contributed by atoms with Crippen LogP contribution in [-0.4, -0.2) is 18.7 Å². The van der Waals surface area contributed by atoms with E-state index >= 15 is 0 Å². The first kappa shape index (κ1) is 16.6. The van der Waals surface area contributed by atoms with Crippen molar-refractivity contribution in [1.82, 2.24) is 4.98 Å². The highest BCUT2D eigenvalue weighted by atomic mass is 32.2. The second-order valence-corrected chi connectivity index (χ2v) is 10.7. The summed E-state index contributed by atoms with van der Waals surface area (Å²) >= 11 is 3.05. The van der Waals surface area contributed by atoms with Crippen LogP contribution in [0.25, 0.3) is 0 Å². The fraction of sp³-hybridized carbons (Fsp3) is 0.533. The van der Waals surface area contributed by atoms with Gasteiger partial charge in [0.15, 0.2) is 9.84 Å². The average Bonchev–Trinajstić information content (AvgIpc) is 3.04. The normalized spacial score (nSPS) is 15.0. The molecular weight excluding hydrogens is 322 g/mol. The molecule has 0 aliphatic heterocycles. The summed E-state index contributed by atoms with van der Waals surface area (Å²) in [7, 11) is -3.19. The number of hydrogen-bond acceptors (Lipinski definition) is 5. The number of hydrogen-bond donors (Lipinski definition) is 0. The van der Waals surface area contributed by atoms with Gasteiger partial charge in [-0.1, -0.05) is 6.92 Å². The van der Waals surface area contributed by atoms with E-state index in [-0.39, 0.29) is 5.25 Å². The summed E-state index contributed by atoms with van der Waals surface area (Å²) in [4.78, 5) is 6.62. The zero-order chi connectivity index (χ0) is 15.6. The van der Waals surface area contributed by atoms with Gasteiger partial charge in [0.2, 0.25) is 0 Å². The summed E-state index contributed by atoms with van der Waals surface area (Å²) in [6, 6.07) is 3.59. The van der Waals surface area contributed by atoms with Gasteiger partial charge in [0.1, 0.15) is 4.21 Å². The van der Waals surface area contributed by atoms with Crippen molar-refractivity contribution < 1.29 is 8.42 Å². The summed E-state index contributed by atoms with van der Waals surface area (Å²) in [6.45, 7) is 7.90. The lowest BCUT2D eigenvalue weighted by Gasteiger charge is -2.14. The highest BCUT2D eigenvalue weighted by Gasteiger charge is 2.25. The van der Waals surface area contributed by atoms with Gasteiger partial charge in [-0.2, -0.15) is 0 Å². The Morgan fingerprint density at radius 2 is 1.81 bits per heavy atom. The Balaban J connectivity index is 1.99. The standard InChI is InChI=1S/C15H21NO2S3/c1-10(15-16-9-12(3)20-15)5-7-13(4)21(17,18)14-8-6-11(2)19-14/h6,8-10,13H,5,7H2,1-4H3. The van der Waals surface area contributed by atoms with Gasteiger partial charge in [0, 0.05) is 21.9 Å². The summed E-state index contributed by atoms with van der Waals surface area (Å²) in [5.74, 6) is 0.312. The van der Waals surface area contributed by atoms with Gasteiger partial charge in [-0.3, -0.25) is 0 Å². The van der Waals surface area contributed by atoms with E-state index in [9.17, 15) is 8.42 Å². The summed E-state index contributed by atoms with van der Waals surface area (Å²) in [5.41, 5.74) is 0. The second-order valence-electron chi connectivity index (χ2n) is 5.51. The third-order valence-corrected chi connectivity index (χ3v) is 8.47. The van der Waals surface area contributed by atoms with Gasteiger partial charge in [-0.15, -0.1) is 22.7 Å². The monoisotopic (exact) mass is 343 g/mol. The van der Waals surface area contributed by atoms with E-state index in [1.54, 1.807) is 17.4 Å². The van der Waals surface area contributed by atoms with Crippen LogP contribution >= 0.6 is 22.7 Å².